The Hall–Kier alpha value is -5.13. The fourth-order valence-corrected chi connectivity index (χ4v) is 10.5. The first-order valence-corrected chi connectivity index (χ1v) is 23.1. The number of nitrogens with zero attached hydrogens (tertiary/aromatic N) is 3. The molecule has 2 aliphatic rings. The number of amides is 5. The van der Waals surface area contributed by atoms with E-state index in [-0.39, 0.29) is 47.2 Å². The van der Waals surface area contributed by atoms with Crippen LogP contribution in [0.2, 0.25) is 0 Å². The van der Waals surface area contributed by atoms with Gasteiger partial charge in [-0.25, -0.2) is 13.2 Å². The maximum atomic E-state index is 15.9. The number of benzene rings is 2. The number of sulfone groups is 1. The summed E-state index contributed by atoms with van der Waals surface area (Å²) in [4.78, 5) is 71.8. The molecule has 5 rings (SSSR count). The first kappa shape index (κ1) is 47.9. The molecule has 6 N–H and O–H groups in total. The molecule has 1 unspecified atom stereocenters. The zero-order valence-electron chi connectivity index (χ0n) is 36.6. The van der Waals surface area contributed by atoms with Gasteiger partial charge in [0.1, 0.15) is 5.60 Å². The molecule has 1 aliphatic carbocycles. The molecule has 0 spiro atoms. The van der Waals surface area contributed by atoms with Gasteiger partial charge in [0.2, 0.25) is 23.6 Å². The van der Waals surface area contributed by atoms with E-state index >= 15 is 4.79 Å². The van der Waals surface area contributed by atoms with Crippen LogP contribution in [0.5, 0.6) is 0 Å². The molecule has 62 heavy (non-hydrogen) atoms. The number of aliphatic hydroxyl groups excluding tert-OH is 1. The Morgan fingerprint density at radius 1 is 1.00 bits per heavy atom. The van der Waals surface area contributed by atoms with Crippen LogP contribution in [0.25, 0.3) is 0 Å². The molecule has 1 aromatic heterocycles. The average molecular weight is 878 g/mol. The first-order chi connectivity index (χ1) is 29.2. The third-order valence-corrected chi connectivity index (χ3v) is 13.2. The van der Waals surface area contributed by atoms with Crippen molar-refractivity contribution in [1.29, 1.82) is 0 Å². The van der Waals surface area contributed by atoms with Gasteiger partial charge in [-0.15, -0.1) is 0 Å². The predicted molar refractivity (Wildman–Crippen MR) is 233 cm³/mol. The van der Waals surface area contributed by atoms with Gasteiger partial charge in [0, 0.05) is 25.6 Å². The molecular weight excluding hydrogens is 815 g/mol. The number of nitrogens with one attached hydrogen (secondary N) is 3. The van der Waals surface area contributed by atoms with Crippen LogP contribution in [0.4, 0.5) is 10.5 Å². The van der Waals surface area contributed by atoms with Gasteiger partial charge >= 0.3 is 6.09 Å². The standard InChI is InChI=1S/C45H63N7O9S/c1-29(2)24-47-40(55)23-38(54)37(22-32-17-11-8-12-18-32)50-42(57)45(35-27-62(59,60)39-20-14-13-19-34(35)39,28-51-26-33(25-48-51)49-43(58)61-44(4,5)6)52(30(3)53)41(56)36(46)21-31-15-9-7-10-16-31/h7,9-10,13-16,19-20,25-26,29,32,35-38,54H,8,11-12,17-18,21-24,27-28,46H2,1-6H3,(H,47,55)(H,49,58)(H,50,57)/t35?,36-,37-,38-,45+/m0/s1. The van der Waals surface area contributed by atoms with E-state index < -0.39 is 87.1 Å². The maximum Gasteiger partial charge on any atom is 0.412 e. The summed E-state index contributed by atoms with van der Waals surface area (Å²) in [5, 5.41) is 24.7. The number of nitrogens with two attached hydrogens (primary N) is 1. The molecule has 17 heteroatoms. The Morgan fingerprint density at radius 2 is 1.66 bits per heavy atom. The molecule has 0 bridgehead atoms. The highest BCUT2D eigenvalue weighted by Crippen LogP contribution is 2.46. The monoisotopic (exact) mass is 877 g/mol. The van der Waals surface area contributed by atoms with Crippen molar-refractivity contribution in [3.63, 3.8) is 0 Å². The quantitative estimate of drug-likeness (QED) is 0.127. The number of carbonyl (C=O) groups excluding carboxylic acids is 5. The van der Waals surface area contributed by atoms with Gasteiger partial charge in [0.15, 0.2) is 15.4 Å². The van der Waals surface area contributed by atoms with Crippen LogP contribution in [-0.2, 0) is 46.7 Å². The Bertz CT molecular complexity index is 2170. The molecule has 1 saturated carbocycles. The van der Waals surface area contributed by atoms with Gasteiger partial charge in [-0.05, 0) is 62.6 Å². The Morgan fingerprint density at radius 3 is 2.31 bits per heavy atom. The molecule has 0 radical (unpaired) electrons. The topological polar surface area (TPSA) is 232 Å². The number of fused-ring (bicyclic) bond motifs is 1. The van der Waals surface area contributed by atoms with Gasteiger partial charge in [-0.1, -0.05) is 94.5 Å². The van der Waals surface area contributed by atoms with Gasteiger partial charge in [0.25, 0.3) is 0 Å². The number of hydrogen-bond donors (Lipinski definition) is 5. The highest BCUT2D eigenvalue weighted by Gasteiger charge is 2.60. The van der Waals surface area contributed by atoms with E-state index in [0.717, 1.165) is 43.9 Å². The second-order valence-corrected chi connectivity index (χ2v) is 20.1. The number of aliphatic hydroxyl groups is 1. The van der Waals surface area contributed by atoms with Crippen LogP contribution in [0, 0.1) is 11.8 Å². The van der Waals surface area contributed by atoms with E-state index in [4.69, 9.17) is 10.5 Å². The van der Waals surface area contributed by atoms with Crippen molar-refractivity contribution in [3.8, 4) is 0 Å². The number of imide groups is 1. The number of carbonyl (C=O) groups is 5. The van der Waals surface area contributed by atoms with Crippen LogP contribution >= 0.6 is 0 Å². The van der Waals surface area contributed by atoms with Crippen molar-refractivity contribution < 1.29 is 42.2 Å². The minimum Gasteiger partial charge on any atom is -0.444 e. The lowest BCUT2D eigenvalue weighted by Crippen LogP contribution is -2.70. The number of aromatic nitrogens is 2. The lowest BCUT2D eigenvalue weighted by molar-refractivity contribution is -0.162. The largest absolute Gasteiger partial charge is 0.444 e. The molecule has 0 saturated heterocycles. The smallest absolute Gasteiger partial charge is 0.412 e. The van der Waals surface area contributed by atoms with Gasteiger partial charge in [0.05, 0.1) is 53.7 Å². The van der Waals surface area contributed by atoms with E-state index in [1.54, 1.807) is 69.3 Å². The van der Waals surface area contributed by atoms with Crippen molar-refractivity contribution in [3.05, 3.63) is 78.1 Å². The third-order valence-electron chi connectivity index (χ3n) is 11.4. The molecular formula is C45H63N7O9S. The highest BCUT2D eigenvalue weighted by molar-refractivity contribution is 7.91. The zero-order valence-corrected chi connectivity index (χ0v) is 37.5. The molecule has 1 fully saturated rings. The van der Waals surface area contributed by atoms with E-state index in [1.807, 2.05) is 13.8 Å². The molecule has 338 valence electrons. The van der Waals surface area contributed by atoms with Crippen molar-refractivity contribution in [1.82, 2.24) is 25.3 Å². The normalized spacial score (nSPS) is 18.7. The molecule has 2 heterocycles. The summed E-state index contributed by atoms with van der Waals surface area (Å²) in [6.07, 6.45) is 4.95. The number of ether oxygens (including phenoxy) is 1. The minimum atomic E-state index is -4.11. The van der Waals surface area contributed by atoms with Gasteiger partial charge in [-0.3, -0.25) is 34.1 Å². The second-order valence-electron chi connectivity index (χ2n) is 18.1. The Balaban J connectivity index is 1.69. The number of rotatable bonds is 17. The molecule has 16 nitrogen and oxygen atoms in total. The van der Waals surface area contributed by atoms with E-state index in [2.05, 4.69) is 21.0 Å². The van der Waals surface area contributed by atoms with Crippen LogP contribution in [-0.4, -0.2) is 99.6 Å². The van der Waals surface area contributed by atoms with E-state index in [9.17, 15) is 32.7 Å². The number of hydrogen-bond acceptors (Lipinski definition) is 11. The summed E-state index contributed by atoms with van der Waals surface area (Å²) in [7, 11) is -4.11. The van der Waals surface area contributed by atoms with Crippen molar-refractivity contribution >= 4 is 45.2 Å². The second kappa shape index (κ2) is 20.4. The maximum absolute atomic E-state index is 15.9. The fourth-order valence-electron chi connectivity index (χ4n) is 8.56. The summed E-state index contributed by atoms with van der Waals surface area (Å²) in [6.45, 7) is 9.85. The predicted octanol–water partition coefficient (Wildman–Crippen LogP) is 4.46. The fraction of sp³-hybridized carbons (Fsp3) is 0.556. The SMILES string of the molecule is CC(=O)N(C(=O)[C@@H](N)Cc1ccccc1)[C@@](Cn1cc(NC(=O)OC(C)(C)C)cn1)(C(=O)N[C@@H](CC1CCCCC1)[C@@H](O)CC(=O)NCC(C)C)C1CS(=O)(=O)c2ccccc21. The van der Waals surface area contributed by atoms with E-state index in [0.29, 0.717) is 12.1 Å². The third kappa shape index (κ3) is 12.1. The van der Waals surface area contributed by atoms with Crippen LogP contribution in [0.3, 0.4) is 0 Å². The Labute approximate surface area is 364 Å². The molecule has 5 amide bonds. The molecule has 3 aromatic rings. The lowest BCUT2D eigenvalue weighted by atomic mass is 9.76. The first-order valence-electron chi connectivity index (χ1n) is 21.4. The summed E-state index contributed by atoms with van der Waals surface area (Å²) >= 11 is 0. The molecule has 5 atom stereocenters. The zero-order chi connectivity index (χ0) is 45.4. The van der Waals surface area contributed by atoms with Crippen molar-refractivity contribution in [2.24, 2.45) is 17.6 Å². The summed E-state index contributed by atoms with van der Waals surface area (Å²) in [5.41, 5.74) is 4.41. The molecule has 2 aromatic carbocycles. The van der Waals surface area contributed by atoms with Crippen LogP contribution in [0.1, 0.15) is 104 Å². The van der Waals surface area contributed by atoms with Crippen LogP contribution < -0.4 is 21.7 Å². The van der Waals surface area contributed by atoms with Gasteiger partial charge < -0.3 is 26.2 Å². The molecule has 1 aliphatic heterocycles. The summed E-state index contributed by atoms with van der Waals surface area (Å²) in [5.74, 6) is -5.07. The average Bonchev–Trinajstić information content (AvgIpc) is 3.75. The van der Waals surface area contributed by atoms with Crippen LogP contribution in [0.15, 0.2) is 71.9 Å². The van der Waals surface area contributed by atoms with E-state index in [1.165, 1.54) is 23.1 Å². The highest BCUT2D eigenvalue weighted by atomic mass is 32.2. The Kier molecular flexibility index (Phi) is 15.7. The summed E-state index contributed by atoms with van der Waals surface area (Å²) < 4.78 is 34.8. The van der Waals surface area contributed by atoms with Gasteiger partial charge in [-0.2, -0.15) is 5.10 Å². The number of anilines is 1. The van der Waals surface area contributed by atoms with Crippen molar-refractivity contribution in [2.75, 3.05) is 17.6 Å². The van der Waals surface area contributed by atoms with Crippen molar-refractivity contribution in [2.45, 2.75) is 140 Å². The minimum absolute atomic E-state index is 0.0268. The summed E-state index contributed by atoms with van der Waals surface area (Å²) in [6, 6.07) is 12.6. The lowest BCUT2D eigenvalue weighted by Gasteiger charge is -2.46.